The number of likely N-dealkylation sites (tertiary alicyclic amines) is 1. The van der Waals surface area contributed by atoms with Crippen LogP contribution in [0.25, 0.3) is 0 Å². The number of ether oxygens (including phenoxy) is 1. The first-order valence-corrected chi connectivity index (χ1v) is 5.83. The molecule has 1 saturated carbocycles. The summed E-state index contributed by atoms with van der Waals surface area (Å²) < 4.78 is 5.89. The molecule has 2 aliphatic rings. The van der Waals surface area contributed by atoms with Gasteiger partial charge in [-0.3, -0.25) is 4.79 Å². The van der Waals surface area contributed by atoms with Crippen LogP contribution in [-0.2, 0) is 9.53 Å². The van der Waals surface area contributed by atoms with Crippen molar-refractivity contribution in [1.29, 1.82) is 0 Å². The van der Waals surface area contributed by atoms with Gasteiger partial charge in [0.1, 0.15) is 6.10 Å². The molecule has 86 valence electrons. The molecule has 2 fully saturated rings. The lowest BCUT2D eigenvalue weighted by Gasteiger charge is -2.22. The summed E-state index contributed by atoms with van der Waals surface area (Å²) >= 11 is 0. The quantitative estimate of drug-likeness (QED) is 0.735. The summed E-state index contributed by atoms with van der Waals surface area (Å²) in [6.07, 6.45) is 4.25. The Kier molecular flexibility index (Phi) is 3.26. The minimum Gasteiger partial charge on any atom is -0.365 e. The van der Waals surface area contributed by atoms with Gasteiger partial charge >= 0.3 is 0 Å². The second-order valence-electron chi connectivity index (χ2n) is 4.64. The number of hydrogen-bond acceptors (Lipinski definition) is 3. The van der Waals surface area contributed by atoms with Crippen LogP contribution in [0.3, 0.4) is 0 Å². The third kappa shape index (κ3) is 2.16. The molecule has 1 aliphatic carbocycles. The summed E-state index contributed by atoms with van der Waals surface area (Å²) in [5, 5.41) is 0. The Morgan fingerprint density at radius 2 is 2.27 bits per heavy atom. The third-order valence-electron chi connectivity index (χ3n) is 3.61. The second-order valence-corrected chi connectivity index (χ2v) is 4.64. The first-order chi connectivity index (χ1) is 7.22. The van der Waals surface area contributed by atoms with Crippen LogP contribution in [0.5, 0.6) is 0 Å². The smallest absolute Gasteiger partial charge is 0.251 e. The van der Waals surface area contributed by atoms with Gasteiger partial charge in [0.15, 0.2) is 0 Å². The minimum atomic E-state index is -0.202. The summed E-state index contributed by atoms with van der Waals surface area (Å²) in [5.74, 6) is 0.598. The van der Waals surface area contributed by atoms with Gasteiger partial charge in [0, 0.05) is 20.0 Å². The van der Waals surface area contributed by atoms with Gasteiger partial charge in [-0.1, -0.05) is 6.42 Å². The number of carbonyl (C=O) groups is 1. The highest BCUT2D eigenvalue weighted by molar-refractivity contribution is 5.82. The average Bonchev–Trinajstić information content (AvgIpc) is 2.80. The average molecular weight is 212 g/mol. The summed E-state index contributed by atoms with van der Waals surface area (Å²) in [4.78, 5) is 13.4. The molecule has 15 heavy (non-hydrogen) atoms. The highest BCUT2D eigenvalue weighted by atomic mass is 16.5. The highest BCUT2D eigenvalue weighted by Crippen LogP contribution is 2.30. The molecule has 2 N–H and O–H groups in total. The zero-order valence-electron chi connectivity index (χ0n) is 9.32. The van der Waals surface area contributed by atoms with E-state index >= 15 is 0 Å². The number of hydrogen-bond donors (Lipinski definition) is 1. The van der Waals surface area contributed by atoms with Crippen molar-refractivity contribution in [2.45, 2.75) is 37.9 Å². The molecular weight excluding hydrogens is 192 g/mol. The van der Waals surface area contributed by atoms with Crippen molar-refractivity contribution in [3.05, 3.63) is 0 Å². The largest absolute Gasteiger partial charge is 0.365 e. The van der Waals surface area contributed by atoms with E-state index in [0.717, 1.165) is 25.8 Å². The molecule has 1 aliphatic heterocycles. The van der Waals surface area contributed by atoms with Crippen LogP contribution in [-0.4, -0.2) is 43.2 Å². The number of rotatable bonds is 3. The van der Waals surface area contributed by atoms with Gasteiger partial charge in [0.2, 0.25) is 0 Å². The van der Waals surface area contributed by atoms with Crippen molar-refractivity contribution in [3.63, 3.8) is 0 Å². The number of nitrogens with zero attached hydrogens (tertiary/aromatic N) is 1. The fourth-order valence-electron chi connectivity index (χ4n) is 2.58. The fourth-order valence-corrected chi connectivity index (χ4v) is 2.58. The normalized spacial score (nSPS) is 36.5. The maximum Gasteiger partial charge on any atom is 0.251 e. The predicted octanol–water partition coefficient (Wildman–Crippen LogP) is 0.361. The molecule has 2 rings (SSSR count). The van der Waals surface area contributed by atoms with E-state index in [2.05, 4.69) is 0 Å². The van der Waals surface area contributed by atoms with Gasteiger partial charge in [0.25, 0.3) is 5.91 Å². The van der Waals surface area contributed by atoms with Crippen LogP contribution in [0.4, 0.5) is 0 Å². The van der Waals surface area contributed by atoms with Crippen molar-refractivity contribution in [3.8, 4) is 0 Å². The first-order valence-electron chi connectivity index (χ1n) is 5.83. The van der Waals surface area contributed by atoms with Crippen LogP contribution in [0.2, 0.25) is 0 Å². The van der Waals surface area contributed by atoms with E-state index in [0.29, 0.717) is 12.5 Å². The second kappa shape index (κ2) is 4.49. The molecule has 3 atom stereocenters. The van der Waals surface area contributed by atoms with Crippen molar-refractivity contribution in [1.82, 2.24) is 4.90 Å². The first kappa shape index (κ1) is 10.9. The molecule has 1 amide bonds. The Morgan fingerprint density at radius 1 is 1.47 bits per heavy atom. The molecule has 4 heteroatoms. The van der Waals surface area contributed by atoms with E-state index < -0.39 is 0 Å². The molecule has 0 radical (unpaired) electrons. The predicted molar refractivity (Wildman–Crippen MR) is 57.3 cm³/mol. The molecular formula is C11H20N2O2. The lowest BCUT2D eigenvalue weighted by Crippen LogP contribution is -2.34. The Hall–Kier alpha value is -0.610. The fraction of sp³-hybridized carbons (Fsp3) is 0.909. The molecule has 0 spiro atoms. The molecule has 4 nitrogen and oxygen atoms in total. The third-order valence-corrected chi connectivity index (χ3v) is 3.61. The van der Waals surface area contributed by atoms with Crippen LogP contribution in [0.1, 0.15) is 25.7 Å². The summed E-state index contributed by atoms with van der Waals surface area (Å²) in [6, 6.07) is 0. The van der Waals surface area contributed by atoms with Crippen molar-refractivity contribution in [2.75, 3.05) is 20.1 Å². The standard InChI is InChI=1S/C11H20N2O2/c1-13-6-5-10(11(13)14)15-9-4-2-3-8(9)7-12/h8-10H,2-7,12H2,1H3. The maximum absolute atomic E-state index is 11.7. The van der Waals surface area contributed by atoms with E-state index in [-0.39, 0.29) is 18.1 Å². The number of amides is 1. The summed E-state index contributed by atoms with van der Waals surface area (Å²) in [7, 11) is 1.83. The topological polar surface area (TPSA) is 55.6 Å². The molecule has 1 heterocycles. The molecule has 0 bridgehead atoms. The lowest BCUT2D eigenvalue weighted by molar-refractivity contribution is -0.140. The van der Waals surface area contributed by atoms with Crippen molar-refractivity contribution in [2.24, 2.45) is 11.7 Å². The molecule has 0 aromatic rings. The van der Waals surface area contributed by atoms with Crippen LogP contribution < -0.4 is 5.73 Å². The van der Waals surface area contributed by atoms with E-state index in [1.165, 1.54) is 6.42 Å². The zero-order valence-corrected chi connectivity index (χ0v) is 9.32. The number of carbonyl (C=O) groups excluding carboxylic acids is 1. The summed E-state index contributed by atoms with van der Waals surface area (Å²) in [6.45, 7) is 1.50. The highest BCUT2D eigenvalue weighted by Gasteiger charge is 2.35. The van der Waals surface area contributed by atoms with Gasteiger partial charge in [-0.05, 0) is 25.3 Å². The summed E-state index contributed by atoms with van der Waals surface area (Å²) in [5.41, 5.74) is 5.69. The number of likely N-dealkylation sites (N-methyl/N-ethyl adjacent to an activating group) is 1. The van der Waals surface area contributed by atoms with E-state index in [1.807, 2.05) is 7.05 Å². The Balaban J connectivity index is 1.89. The van der Waals surface area contributed by atoms with Gasteiger partial charge in [-0.2, -0.15) is 0 Å². The lowest BCUT2D eigenvalue weighted by atomic mass is 10.1. The SMILES string of the molecule is CN1CCC(OC2CCCC2CN)C1=O. The minimum absolute atomic E-state index is 0.137. The Labute approximate surface area is 90.8 Å². The van der Waals surface area contributed by atoms with E-state index in [9.17, 15) is 4.79 Å². The van der Waals surface area contributed by atoms with Gasteiger partial charge < -0.3 is 15.4 Å². The zero-order chi connectivity index (χ0) is 10.8. The number of nitrogens with two attached hydrogens (primary N) is 1. The van der Waals surface area contributed by atoms with Gasteiger partial charge in [-0.25, -0.2) is 0 Å². The molecule has 3 unspecified atom stereocenters. The monoisotopic (exact) mass is 212 g/mol. The van der Waals surface area contributed by atoms with Crippen LogP contribution in [0.15, 0.2) is 0 Å². The van der Waals surface area contributed by atoms with Crippen LogP contribution in [0, 0.1) is 5.92 Å². The molecule has 1 saturated heterocycles. The molecule has 0 aromatic heterocycles. The van der Waals surface area contributed by atoms with E-state index in [4.69, 9.17) is 10.5 Å². The Morgan fingerprint density at radius 3 is 2.87 bits per heavy atom. The van der Waals surface area contributed by atoms with Gasteiger partial charge in [-0.15, -0.1) is 0 Å². The maximum atomic E-state index is 11.7. The van der Waals surface area contributed by atoms with Crippen LogP contribution >= 0.6 is 0 Å². The molecule has 0 aromatic carbocycles. The van der Waals surface area contributed by atoms with Crippen molar-refractivity contribution >= 4 is 5.91 Å². The Bertz CT molecular complexity index is 245. The van der Waals surface area contributed by atoms with E-state index in [1.54, 1.807) is 4.90 Å². The van der Waals surface area contributed by atoms with Crippen molar-refractivity contribution < 1.29 is 9.53 Å². The van der Waals surface area contributed by atoms with Gasteiger partial charge in [0.05, 0.1) is 6.10 Å².